The van der Waals surface area contributed by atoms with E-state index in [1.54, 1.807) is 11.8 Å². The molecule has 0 saturated heterocycles. The van der Waals surface area contributed by atoms with Gasteiger partial charge in [0.15, 0.2) is 0 Å². The zero-order valence-corrected chi connectivity index (χ0v) is 15.6. The van der Waals surface area contributed by atoms with Gasteiger partial charge in [-0.1, -0.05) is 57.5 Å². The summed E-state index contributed by atoms with van der Waals surface area (Å²) < 4.78 is 1.08. The van der Waals surface area contributed by atoms with E-state index in [1.807, 2.05) is 24.3 Å². The lowest BCUT2D eigenvalue weighted by atomic mass is 10.1. The van der Waals surface area contributed by atoms with Crippen molar-refractivity contribution in [2.24, 2.45) is 0 Å². The van der Waals surface area contributed by atoms with E-state index >= 15 is 0 Å². The van der Waals surface area contributed by atoms with Crippen LogP contribution in [0.1, 0.15) is 26.3 Å². The van der Waals surface area contributed by atoms with Gasteiger partial charge in [0.1, 0.15) is 0 Å². The van der Waals surface area contributed by atoms with Crippen LogP contribution in [0.5, 0.6) is 0 Å². The van der Waals surface area contributed by atoms with Crippen LogP contribution in [0.15, 0.2) is 56.7 Å². The lowest BCUT2D eigenvalue weighted by molar-refractivity contribution is 0.422. The summed E-state index contributed by atoms with van der Waals surface area (Å²) in [6.45, 7) is 7.30. The Morgan fingerprint density at radius 2 is 1.86 bits per heavy atom. The van der Waals surface area contributed by atoms with Gasteiger partial charge in [-0.25, -0.2) is 0 Å². The van der Waals surface area contributed by atoms with Crippen molar-refractivity contribution in [2.75, 3.05) is 0 Å². The highest BCUT2D eigenvalue weighted by atomic mass is 79.9. The minimum atomic E-state index is 0.0834. The second kappa shape index (κ2) is 7.19. The summed E-state index contributed by atoms with van der Waals surface area (Å²) in [6, 6.07) is 14.4. The van der Waals surface area contributed by atoms with Crippen LogP contribution in [0.3, 0.4) is 0 Å². The molecule has 0 heterocycles. The van der Waals surface area contributed by atoms with Crippen LogP contribution in [0.4, 0.5) is 0 Å². The molecule has 2 rings (SSSR count). The van der Waals surface area contributed by atoms with Crippen molar-refractivity contribution in [3.05, 3.63) is 57.5 Å². The number of benzene rings is 2. The van der Waals surface area contributed by atoms with Crippen LogP contribution in [0, 0.1) is 0 Å². The van der Waals surface area contributed by atoms with E-state index in [9.17, 15) is 0 Å². The Morgan fingerprint density at radius 1 is 1.14 bits per heavy atom. The summed E-state index contributed by atoms with van der Waals surface area (Å²) in [4.78, 5) is 2.29. The Hall–Kier alpha value is -0.480. The van der Waals surface area contributed by atoms with Gasteiger partial charge < -0.3 is 5.32 Å². The van der Waals surface area contributed by atoms with Gasteiger partial charge in [0.05, 0.1) is 5.02 Å². The summed E-state index contributed by atoms with van der Waals surface area (Å²) >= 11 is 11.6. The van der Waals surface area contributed by atoms with E-state index < -0.39 is 0 Å². The second-order valence-corrected chi connectivity index (χ2v) is 8.30. The first-order valence-electron chi connectivity index (χ1n) is 6.81. The fourth-order valence-corrected chi connectivity index (χ4v) is 3.68. The normalized spacial score (nSPS) is 11.7. The van der Waals surface area contributed by atoms with Crippen molar-refractivity contribution in [3.63, 3.8) is 0 Å². The van der Waals surface area contributed by atoms with E-state index in [2.05, 4.69) is 60.2 Å². The minimum Gasteiger partial charge on any atom is -0.308 e. The second-order valence-electron chi connectivity index (χ2n) is 5.89. The number of rotatable bonds is 4. The fraction of sp³-hybridized carbons (Fsp3) is 0.294. The molecule has 0 aliphatic rings. The zero-order chi connectivity index (χ0) is 15.5. The summed E-state index contributed by atoms with van der Waals surface area (Å²) in [6.07, 6.45) is 0. The average molecular weight is 385 g/mol. The van der Waals surface area contributed by atoms with Gasteiger partial charge in [0.2, 0.25) is 0 Å². The minimum absolute atomic E-state index is 0.0834. The van der Waals surface area contributed by atoms with E-state index in [0.29, 0.717) is 0 Å². The first-order chi connectivity index (χ1) is 9.85. The Labute approximate surface area is 144 Å². The molecule has 0 radical (unpaired) electrons. The number of hydrogen-bond acceptors (Lipinski definition) is 2. The Balaban J connectivity index is 2.25. The van der Waals surface area contributed by atoms with Crippen LogP contribution in [-0.4, -0.2) is 5.54 Å². The molecule has 1 N–H and O–H groups in total. The average Bonchev–Trinajstić information content (AvgIpc) is 2.39. The van der Waals surface area contributed by atoms with Crippen LogP contribution in [0.2, 0.25) is 5.02 Å². The molecule has 0 atom stereocenters. The van der Waals surface area contributed by atoms with E-state index in [0.717, 1.165) is 20.9 Å². The van der Waals surface area contributed by atoms with Gasteiger partial charge in [-0.15, -0.1) is 0 Å². The van der Waals surface area contributed by atoms with Gasteiger partial charge >= 0.3 is 0 Å². The van der Waals surface area contributed by atoms with Crippen LogP contribution in [0.25, 0.3) is 0 Å². The standard InChI is InChI=1S/C17H19BrClNS/c1-17(2,3)20-11-12-6-4-9-15(19)16(12)21-14-8-5-7-13(18)10-14/h4-10,20H,11H2,1-3H3. The lowest BCUT2D eigenvalue weighted by Gasteiger charge is -2.22. The molecule has 0 amide bonds. The third-order valence-electron chi connectivity index (χ3n) is 2.87. The van der Waals surface area contributed by atoms with E-state index in [1.165, 1.54) is 10.5 Å². The molecule has 0 fully saturated rings. The molecule has 112 valence electrons. The van der Waals surface area contributed by atoms with Crippen LogP contribution >= 0.6 is 39.3 Å². The van der Waals surface area contributed by atoms with Crippen LogP contribution in [-0.2, 0) is 6.54 Å². The quantitative estimate of drug-likeness (QED) is 0.679. The third kappa shape index (κ3) is 5.33. The highest BCUT2D eigenvalue weighted by molar-refractivity contribution is 9.10. The third-order valence-corrected chi connectivity index (χ3v) is 4.97. The van der Waals surface area contributed by atoms with Gasteiger partial charge in [-0.3, -0.25) is 0 Å². The monoisotopic (exact) mass is 383 g/mol. The molecule has 2 aromatic carbocycles. The maximum atomic E-state index is 6.41. The van der Waals surface area contributed by atoms with Gasteiger partial charge in [0, 0.05) is 26.3 Å². The summed E-state index contributed by atoms with van der Waals surface area (Å²) in [5.41, 5.74) is 1.31. The largest absolute Gasteiger partial charge is 0.308 e. The molecule has 0 aromatic heterocycles. The van der Waals surface area contributed by atoms with Crippen molar-refractivity contribution in [3.8, 4) is 0 Å². The molecule has 2 aromatic rings. The SMILES string of the molecule is CC(C)(C)NCc1cccc(Cl)c1Sc1cccc(Br)c1. The summed E-state index contributed by atoms with van der Waals surface area (Å²) in [7, 11) is 0. The van der Waals surface area contributed by atoms with E-state index in [4.69, 9.17) is 11.6 Å². The number of halogens is 2. The van der Waals surface area contributed by atoms with Gasteiger partial charge in [-0.2, -0.15) is 0 Å². The van der Waals surface area contributed by atoms with Crippen molar-refractivity contribution in [1.29, 1.82) is 0 Å². The topological polar surface area (TPSA) is 12.0 Å². The molecule has 0 aliphatic heterocycles. The maximum absolute atomic E-state index is 6.41. The smallest absolute Gasteiger partial charge is 0.0548 e. The van der Waals surface area contributed by atoms with E-state index in [-0.39, 0.29) is 5.54 Å². The van der Waals surface area contributed by atoms with Crippen molar-refractivity contribution >= 4 is 39.3 Å². The Kier molecular flexibility index (Phi) is 5.78. The molecular formula is C17H19BrClNS. The number of hydrogen-bond donors (Lipinski definition) is 1. The molecule has 0 unspecified atom stereocenters. The highest BCUT2D eigenvalue weighted by Crippen LogP contribution is 2.37. The Bertz CT molecular complexity index is 622. The van der Waals surface area contributed by atoms with Crippen LogP contribution < -0.4 is 5.32 Å². The predicted molar refractivity (Wildman–Crippen MR) is 96.3 cm³/mol. The summed E-state index contributed by atoms with van der Waals surface area (Å²) in [5.74, 6) is 0. The highest BCUT2D eigenvalue weighted by Gasteiger charge is 2.13. The maximum Gasteiger partial charge on any atom is 0.0548 e. The number of nitrogens with one attached hydrogen (secondary N) is 1. The van der Waals surface area contributed by atoms with Crippen molar-refractivity contribution in [2.45, 2.75) is 42.6 Å². The predicted octanol–water partition coefficient (Wildman–Crippen LogP) is 6.14. The molecule has 0 spiro atoms. The first-order valence-corrected chi connectivity index (χ1v) is 8.80. The molecule has 0 saturated carbocycles. The molecular weight excluding hydrogens is 366 g/mol. The molecule has 0 bridgehead atoms. The molecule has 1 nitrogen and oxygen atoms in total. The molecule has 0 aliphatic carbocycles. The lowest BCUT2D eigenvalue weighted by Crippen LogP contribution is -2.35. The molecule has 21 heavy (non-hydrogen) atoms. The fourth-order valence-electron chi connectivity index (χ4n) is 1.82. The summed E-state index contributed by atoms with van der Waals surface area (Å²) in [5, 5.41) is 4.32. The van der Waals surface area contributed by atoms with Crippen molar-refractivity contribution < 1.29 is 0 Å². The van der Waals surface area contributed by atoms with Gasteiger partial charge in [-0.05, 0) is 50.6 Å². The Morgan fingerprint density at radius 3 is 2.52 bits per heavy atom. The van der Waals surface area contributed by atoms with Crippen molar-refractivity contribution in [1.82, 2.24) is 5.32 Å². The van der Waals surface area contributed by atoms with Gasteiger partial charge in [0.25, 0.3) is 0 Å². The zero-order valence-electron chi connectivity index (χ0n) is 12.4. The molecule has 4 heteroatoms. The first kappa shape index (κ1) is 16.9.